The first-order chi connectivity index (χ1) is 9.83. The van der Waals surface area contributed by atoms with Crippen LogP contribution in [0.2, 0.25) is 0 Å². The summed E-state index contributed by atoms with van der Waals surface area (Å²) >= 11 is 0. The summed E-state index contributed by atoms with van der Waals surface area (Å²) in [5.74, 6) is -1.94. The summed E-state index contributed by atoms with van der Waals surface area (Å²) in [6.07, 6.45) is 0. The molecule has 1 N–H and O–H groups in total. The molecule has 21 heavy (non-hydrogen) atoms. The van der Waals surface area contributed by atoms with Gasteiger partial charge in [-0.3, -0.25) is 9.59 Å². The van der Waals surface area contributed by atoms with Gasteiger partial charge >= 0.3 is 5.97 Å². The molecule has 1 fully saturated rings. The molecule has 1 saturated heterocycles. The van der Waals surface area contributed by atoms with Crippen molar-refractivity contribution in [3.05, 3.63) is 30.3 Å². The molecule has 1 unspecified atom stereocenters. The Labute approximate surface area is 123 Å². The summed E-state index contributed by atoms with van der Waals surface area (Å²) in [5.41, 5.74) is -0.205. The van der Waals surface area contributed by atoms with Gasteiger partial charge in [-0.25, -0.2) is 0 Å². The second-order valence-corrected chi connectivity index (χ2v) is 5.82. The molecule has 0 spiro atoms. The fraction of sp³-hybridized carbons (Fsp3) is 0.400. The molecule has 6 heteroatoms. The molecule has 0 radical (unpaired) electrons. The van der Waals surface area contributed by atoms with Gasteiger partial charge in [0.1, 0.15) is 11.5 Å². The lowest BCUT2D eigenvalue weighted by Crippen LogP contribution is -2.33. The third kappa shape index (κ3) is 3.21. The summed E-state index contributed by atoms with van der Waals surface area (Å²) in [4.78, 5) is 25.8. The van der Waals surface area contributed by atoms with Crippen molar-refractivity contribution >= 4 is 23.3 Å². The van der Waals surface area contributed by atoms with Crippen LogP contribution in [0.15, 0.2) is 35.5 Å². The number of anilines is 1. The Bertz CT molecular complexity index is 575. The molecule has 1 aliphatic heterocycles. The Morgan fingerprint density at radius 1 is 1.33 bits per heavy atom. The molecule has 1 amide bonds. The van der Waals surface area contributed by atoms with Gasteiger partial charge in [0.15, 0.2) is 5.71 Å². The van der Waals surface area contributed by atoms with E-state index in [0.29, 0.717) is 5.69 Å². The summed E-state index contributed by atoms with van der Waals surface area (Å²) in [7, 11) is 0. The molecule has 6 nitrogen and oxygen atoms in total. The van der Waals surface area contributed by atoms with Gasteiger partial charge in [0.05, 0.1) is 0 Å². The van der Waals surface area contributed by atoms with Crippen LogP contribution in [0.3, 0.4) is 0 Å². The Balaban J connectivity index is 2.25. The number of oxime groups is 1. The maximum atomic E-state index is 12.2. The van der Waals surface area contributed by atoms with E-state index in [1.165, 1.54) is 4.90 Å². The molecule has 1 atom stereocenters. The van der Waals surface area contributed by atoms with Crippen molar-refractivity contribution in [3.63, 3.8) is 0 Å². The zero-order valence-corrected chi connectivity index (χ0v) is 12.2. The summed E-state index contributed by atoms with van der Waals surface area (Å²) in [6.45, 7) is 5.34. The second kappa shape index (κ2) is 5.55. The van der Waals surface area contributed by atoms with Gasteiger partial charge < -0.3 is 14.8 Å². The van der Waals surface area contributed by atoms with E-state index in [9.17, 15) is 9.59 Å². The van der Waals surface area contributed by atoms with Crippen LogP contribution >= 0.6 is 0 Å². The lowest BCUT2D eigenvalue weighted by molar-refractivity contribution is -0.157. The SMILES string of the molecule is CC(C)(C)OC(=O)C1CN(c2ccccc2)C(=O)C1=NO. The van der Waals surface area contributed by atoms with E-state index in [-0.39, 0.29) is 12.3 Å². The average molecular weight is 290 g/mol. The normalized spacial score (nSPS) is 20.9. The van der Waals surface area contributed by atoms with Crippen molar-refractivity contribution in [1.29, 1.82) is 0 Å². The van der Waals surface area contributed by atoms with Gasteiger partial charge in [-0.1, -0.05) is 23.4 Å². The minimum Gasteiger partial charge on any atom is -0.459 e. The van der Waals surface area contributed by atoms with E-state index >= 15 is 0 Å². The minimum absolute atomic E-state index is 0.108. The highest BCUT2D eigenvalue weighted by molar-refractivity contribution is 6.49. The number of ether oxygens (including phenoxy) is 1. The number of rotatable bonds is 2. The van der Waals surface area contributed by atoms with E-state index < -0.39 is 23.4 Å². The van der Waals surface area contributed by atoms with Crippen molar-refractivity contribution in [2.75, 3.05) is 11.4 Å². The Kier molecular flexibility index (Phi) is 3.97. The topological polar surface area (TPSA) is 79.2 Å². The molecular weight excluding hydrogens is 272 g/mol. The molecule has 1 heterocycles. The Morgan fingerprint density at radius 3 is 2.48 bits per heavy atom. The standard InChI is InChI=1S/C15H18N2O4/c1-15(2,3)21-14(19)11-9-17(13(18)12(11)16-20)10-7-5-4-6-8-10/h4-8,11,20H,9H2,1-3H3. The van der Waals surface area contributed by atoms with Crippen LogP contribution in [0, 0.1) is 5.92 Å². The second-order valence-electron chi connectivity index (χ2n) is 5.82. The summed E-state index contributed by atoms with van der Waals surface area (Å²) in [5, 5.41) is 12.1. The van der Waals surface area contributed by atoms with Crippen molar-refractivity contribution in [1.82, 2.24) is 0 Å². The first kappa shape index (κ1) is 15.0. The van der Waals surface area contributed by atoms with Crippen LogP contribution in [0.5, 0.6) is 0 Å². The molecular formula is C15H18N2O4. The third-order valence-corrected chi connectivity index (χ3v) is 3.03. The van der Waals surface area contributed by atoms with E-state index in [1.54, 1.807) is 45.0 Å². The number of hydrogen-bond donors (Lipinski definition) is 1. The number of para-hydroxylation sites is 1. The van der Waals surface area contributed by atoms with Gasteiger partial charge in [-0.05, 0) is 32.9 Å². The Morgan fingerprint density at radius 2 is 1.95 bits per heavy atom. The number of esters is 1. The summed E-state index contributed by atoms with van der Waals surface area (Å²) < 4.78 is 5.28. The van der Waals surface area contributed by atoms with Gasteiger partial charge in [0.2, 0.25) is 0 Å². The smallest absolute Gasteiger partial charge is 0.317 e. The fourth-order valence-electron chi connectivity index (χ4n) is 2.14. The zero-order chi connectivity index (χ0) is 15.6. The van der Waals surface area contributed by atoms with Crippen molar-refractivity contribution < 1.29 is 19.5 Å². The van der Waals surface area contributed by atoms with Gasteiger partial charge in [0, 0.05) is 12.2 Å². The fourth-order valence-corrected chi connectivity index (χ4v) is 2.14. The molecule has 1 aromatic rings. The third-order valence-electron chi connectivity index (χ3n) is 3.03. The number of amides is 1. The number of nitrogens with zero attached hydrogens (tertiary/aromatic N) is 2. The predicted molar refractivity (Wildman–Crippen MR) is 77.4 cm³/mol. The molecule has 0 saturated carbocycles. The predicted octanol–water partition coefficient (Wildman–Crippen LogP) is 1.82. The monoisotopic (exact) mass is 290 g/mol. The van der Waals surface area contributed by atoms with Crippen LogP contribution in [0.4, 0.5) is 5.69 Å². The first-order valence-electron chi connectivity index (χ1n) is 6.65. The van der Waals surface area contributed by atoms with Crippen LogP contribution in [0.1, 0.15) is 20.8 Å². The van der Waals surface area contributed by atoms with Crippen LogP contribution < -0.4 is 4.90 Å². The average Bonchev–Trinajstić information content (AvgIpc) is 2.75. The van der Waals surface area contributed by atoms with Crippen LogP contribution in [0.25, 0.3) is 0 Å². The molecule has 0 aromatic heterocycles. The summed E-state index contributed by atoms with van der Waals surface area (Å²) in [6, 6.07) is 8.92. The molecule has 112 valence electrons. The molecule has 0 bridgehead atoms. The van der Waals surface area contributed by atoms with E-state index in [4.69, 9.17) is 9.94 Å². The highest BCUT2D eigenvalue weighted by atomic mass is 16.6. The molecule has 1 aromatic carbocycles. The maximum Gasteiger partial charge on any atom is 0.317 e. The van der Waals surface area contributed by atoms with E-state index in [1.807, 2.05) is 6.07 Å². The molecule has 0 aliphatic carbocycles. The number of carbonyl (C=O) groups is 2. The largest absolute Gasteiger partial charge is 0.459 e. The van der Waals surface area contributed by atoms with Crippen LogP contribution in [-0.2, 0) is 14.3 Å². The van der Waals surface area contributed by atoms with Gasteiger partial charge in [-0.2, -0.15) is 0 Å². The number of carbonyl (C=O) groups excluding carboxylic acids is 2. The van der Waals surface area contributed by atoms with Crippen molar-refractivity contribution in [2.24, 2.45) is 11.1 Å². The van der Waals surface area contributed by atoms with Crippen molar-refractivity contribution in [3.8, 4) is 0 Å². The molecule has 1 aliphatic rings. The molecule has 2 rings (SSSR count). The van der Waals surface area contributed by atoms with Crippen molar-refractivity contribution in [2.45, 2.75) is 26.4 Å². The highest BCUT2D eigenvalue weighted by Gasteiger charge is 2.44. The minimum atomic E-state index is -0.887. The quantitative estimate of drug-likeness (QED) is 0.512. The lowest BCUT2D eigenvalue weighted by atomic mass is 10.1. The van der Waals surface area contributed by atoms with E-state index in [2.05, 4.69) is 5.16 Å². The number of benzene rings is 1. The first-order valence-corrected chi connectivity index (χ1v) is 6.65. The van der Waals surface area contributed by atoms with Gasteiger partial charge in [-0.15, -0.1) is 0 Å². The Hall–Kier alpha value is -2.37. The highest BCUT2D eigenvalue weighted by Crippen LogP contribution is 2.25. The van der Waals surface area contributed by atoms with E-state index in [0.717, 1.165) is 0 Å². The number of hydrogen-bond acceptors (Lipinski definition) is 5. The van der Waals surface area contributed by atoms with Gasteiger partial charge in [0.25, 0.3) is 5.91 Å². The lowest BCUT2D eigenvalue weighted by Gasteiger charge is -2.21. The van der Waals surface area contributed by atoms with Crippen LogP contribution in [-0.4, -0.2) is 34.9 Å². The maximum absolute atomic E-state index is 12.2. The zero-order valence-electron chi connectivity index (χ0n) is 12.2.